The first kappa shape index (κ1) is 12.3. The zero-order valence-corrected chi connectivity index (χ0v) is 10.6. The van der Waals surface area contributed by atoms with Crippen molar-refractivity contribution in [3.8, 4) is 0 Å². The molecule has 2 rings (SSSR count). The zero-order chi connectivity index (χ0) is 12.4. The Morgan fingerprint density at radius 1 is 1.29 bits per heavy atom. The number of carbonyl (C=O) groups is 1. The Hall–Kier alpha value is -1.17. The lowest BCUT2D eigenvalue weighted by atomic mass is 10.3. The molecule has 1 heterocycles. The Kier molecular flexibility index (Phi) is 3.61. The van der Waals surface area contributed by atoms with Crippen LogP contribution in [0.4, 0.5) is 19.3 Å². The van der Waals surface area contributed by atoms with E-state index in [1.54, 1.807) is 4.90 Å². The largest absolute Gasteiger partial charge is 0.325 e. The fraction of sp³-hybridized carbons (Fsp3) is 0.364. The molecule has 1 aromatic carbocycles. The van der Waals surface area contributed by atoms with Crippen molar-refractivity contribution in [1.82, 2.24) is 4.90 Å². The average Bonchev–Trinajstić information content (AvgIpc) is 2.76. The van der Waals surface area contributed by atoms with E-state index < -0.39 is 11.6 Å². The molecule has 0 unspecified atom stereocenters. The van der Waals surface area contributed by atoms with Crippen molar-refractivity contribution in [2.45, 2.75) is 12.8 Å². The number of halogens is 3. The fourth-order valence-electron chi connectivity index (χ4n) is 1.77. The van der Waals surface area contributed by atoms with E-state index >= 15 is 0 Å². The number of urea groups is 1. The molecule has 2 amide bonds. The second-order valence-electron chi connectivity index (χ2n) is 3.87. The number of nitrogens with one attached hydrogen (secondary N) is 1. The first-order valence-electron chi connectivity index (χ1n) is 5.28. The number of benzene rings is 1. The van der Waals surface area contributed by atoms with Gasteiger partial charge in [0.1, 0.15) is 5.82 Å². The predicted molar refractivity (Wildman–Crippen MR) is 63.9 cm³/mol. The second-order valence-corrected chi connectivity index (χ2v) is 4.72. The maximum absolute atomic E-state index is 13.5. The number of hydrogen-bond donors (Lipinski definition) is 1. The number of rotatable bonds is 1. The molecule has 1 aliphatic rings. The topological polar surface area (TPSA) is 32.3 Å². The van der Waals surface area contributed by atoms with Crippen LogP contribution in [0, 0.1) is 11.6 Å². The van der Waals surface area contributed by atoms with Crippen LogP contribution in [0.5, 0.6) is 0 Å². The number of likely N-dealkylation sites (tertiary alicyclic amines) is 1. The number of anilines is 1. The zero-order valence-electron chi connectivity index (χ0n) is 8.97. The van der Waals surface area contributed by atoms with Gasteiger partial charge in [-0.1, -0.05) is 0 Å². The molecule has 0 aromatic heterocycles. The van der Waals surface area contributed by atoms with Gasteiger partial charge >= 0.3 is 6.03 Å². The van der Waals surface area contributed by atoms with Crippen molar-refractivity contribution in [1.29, 1.82) is 0 Å². The summed E-state index contributed by atoms with van der Waals surface area (Å²) in [7, 11) is 0. The van der Waals surface area contributed by atoms with Gasteiger partial charge in [-0.05, 0) is 34.8 Å². The summed E-state index contributed by atoms with van der Waals surface area (Å²) in [4.78, 5) is 13.3. The van der Waals surface area contributed by atoms with Gasteiger partial charge in [0.15, 0.2) is 5.82 Å². The van der Waals surface area contributed by atoms with E-state index in [4.69, 9.17) is 0 Å². The molecular formula is C11H11BrF2N2O. The lowest BCUT2D eigenvalue weighted by Gasteiger charge is -2.17. The Bertz CT molecular complexity index is 424. The summed E-state index contributed by atoms with van der Waals surface area (Å²) in [6.07, 6.45) is 1.92. The van der Waals surface area contributed by atoms with E-state index in [-0.39, 0.29) is 16.2 Å². The highest BCUT2D eigenvalue weighted by Gasteiger charge is 2.20. The summed E-state index contributed by atoms with van der Waals surface area (Å²) in [5.74, 6) is -1.47. The van der Waals surface area contributed by atoms with E-state index in [0.29, 0.717) is 13.1 Å². The van der Waals surface area contributed by atoms with Crippen LogP contribution in [0.25, 0.3) is 0 Å². The van der Waals surface area contributed by atoms with Crippen molar-refractivity contribution in [2.24, 2.45) is 0 Å². The van der Waals surface area contributed by atoms with Crippen molar-refractivity contribution < 1.29 is 13.6 Å². The SMILES string of the molecule is O=C(Nc1c(F)cc(F)cc1Br)N1CCCC1. The van der Waals surface area contributed by atoms with Crippen LogP contribution < -0.4 is 5.32 Å². The Morgan fingerprint density at radius 3 is 2.53 bits per heavy atom. The third kappa shape index (κ3) is 2.74. The van der Waals surface area contributed by atoms with Crippen LogP contribution in [-0.2, 0) is 0 Å². The summed E-state index contributed by atoms with van der Waals surface area (Å²) >= 11 is 3.02. The average molecular weight is 305 g/mol. The molecule has 17 heavy (non-hydrogen) atoms. The first-order chi connectivity index (χ1) is 8.08. The number of carbonyl (C=O) groups excluding carboxylic acids is 1. The van der Waals surface area contributed by atoms with Gasteiger partial charge in [-0.3, -0.25) is 0 Å². The highest BCUT2D eigenvalue weighted by molar-refractivity contribution is 9.10. The summed E-state index contributed by atoms with van der Waals surface area (Å²) in [6, 6.07) is 1.50. The summed E-state index contributed by atoms with van der Waals surface area (Å²) < 4.78 is 26.5. The van der Waals surface area contributed by atoms with E-state index in [1.807, 2.05) is 0 Å². The quantitative estimate of drug-likeness (QED) is 0.848. The van der Waals surface area contributed by atoms with Gasteiger partial charge in [0.25, 0.3) is 0 Å². The maximum Gasteiger partial charge on any atom is 0.321 e. The van der Waals surface area contributed by atoms with Crippen LogP contribution in [0.3, 0.4) is 0 Å². The highest BCUT2D eigenvalue weighted by atomic mass is 79.9. The molecule has 0 saturated carbocycles. The van der Waals surface area contributed by atoms with Crippen molar-refractivity contribution in [2.75, 3.05) is 18.4 Å². The van der Waals surface area contributed by atoms with E-state index in [1.165, 1.54) is 0 Å². The van der Waals surface area contributed by atoms with Crippen LogP contribution >= 0.6 is 15.9 Å². The monoisotopic (exact) mass is 304 g/mol. The molecule has 1 saturated heterocycles. The molecule has 1 aliphatic heterocycles. The van der Waals surface area contributed by atoms with Crippen LogP contribution in [0.15, 0.2) is 16.6 Å². The predicted octanol–water partition coefficient (Wildman–Crippen LogP) is 3.36. The first-order valence-corrected chi connectivity index (χ1v) is 6.07. The summed E-state index contributed by atoms with van der Waals surface area (Å²) in [5, 5.41) is 2.45. The Morgan fingerprint density at radius 2 is 1.94 bits per heavy atom. The van der Waals surface area contributed by atoms with Crippen molar-refractivity contribution in [3.63, 3.8) is 0 Å². The van der Waals surface area contributed by atoms with E-state index in [2.05, 4.69) is 21.2 Å². The second kappa shape index (κ2) is 5.00. The molecule has 0 spiro atoms. The molecule has 1 fully saturated rings. The molecule has 1 aromatic rings. The lowest BCUT2D eigenvalue weighted by molar-refractivity contribution is 0.222. The number of hydrogen-bond acceptors (Lipinski definition) is 1. The van der Waals surface area contributed by atoms with Gasteiger partial charge in [-0.2, -0.15) is 0 Å². The molecule has 0 aliphatic carbocycles. The van der Waals surface area contributed by atoms with E-state index in [9.17, 15) is 13.6 Å². The summed E-state index contributed by atoms with van der Waals surface area (Å²) in [5.41, 5.74) is -0.0247. The van der Waals surface area contributed by atoms with Gasteiger partial charge in [0, 0.05) is 23.6 Å². The normalized spacial score (nSPS) is 15.1. The van der Waals surface area contributed by atoms with Gasteiger partial charge in [-0.15, -0.1) is 0 Å². The minimum absolute atomic E-state index is 0.0247. The Balaban J connectivity index is 2.15. The minimum Gasteiger partial charge on any atom is -0.325 e. The Labute approximate surface area is 106 Å². The molecular weight excluding hydrogens is 294 g/mol. The van der Waals surface area contributed by atoms with E-state index in [0.717, 1.165) is 25.0 Å². The van der Waals surface area contributed by atoms with Crippen molar-refractivity contribution in [3.05, 3.63) is 28.2 Å². The van der Waals surface area contributed by atoms with Gasteiger partial charge < -0.3 is 10.2 Å². The smallest absolute Gasteiger partial charge is 0.321 e. The molecule has 0 radical (unpaired) electrons. The molecule has 6 heteroatoms. The molecule has 1 N–H and O–H groups in total. The van der Waals surface area contributed by atoms with Crippen molar-refractivity contribution >= 4 is 27.6 Å². The standard InChI is InChI=1S/C11H11BrF2N2O/c12-8-5-7(13)6-9(14)10(8)15-11(17)16-3-1-2-4-16/h5-6H,1-4H2,(H,15,17). The van der Waals surface area contributed by atoms with Crippen LogP contribution in [0.1, 0.15) is 12.8 Å². The molecule has 0 bridgehead atoms. The van der Waals surface area contributed by atoms with Gasteiger partial charge in [-0.25, -0.2) is 13.6 Å². The van der Waals surface area contributed by atoms with Gasteiger partial charge in [0.05, 0.1) is 5.69 Å². The summed E-state index contributed by atoms with van der Waals surface area (Å²) in [6.45, 7) is 1.35. The number of amides is 2. The van der Waals surface area contributed by atoms with Crippen LogP contribution in [-0.4, -0.2) is 24.0 Å². The fourth-order valence-corrected chi connectivity index (χ4v) is 2.28. The minimum atomic E-state index is -0.788. The molecule has 92 valence electrons. The lowest BCUT2D eigenvalue weighted by Crippen LogP contribution is -2.32. The highest BCUT2D eigenvalue weighted by Crippen LogP contribution is 2.27. The maximum atomic E-state index is 13.5. The molecule has 3 nitrogen and oxygen atoms in total. The third-order valence-electron chi connectivity index (χ3n) is 2.63. The van der Waals surface area contributed by atoms with Gasteiger partial charge in [0.2, 0.25) is 0 Å². The molecule has 0 atom stereocenters. The number of nitrogens with zero attached hydrogens (tertiary/aromatic N) is 1. The third-order valence-corrected chi connectivity index (χ3v) is 3.26. The van der Waals surface area contributed by atoms with Crippen LogP contribution in [0.2, 0.25) is 0 Å².